The third-order valence-electron chi connectivity index (χ3n) is 5.44. The van der Waals surface area contributed by atoms with Gasteiger partial charge in [-0.3, -0.25) is 0 Å². The summed E-state index contributed by atoms with van der Waals surface area (Å²) in [5.41, 5.74) is 7.42. The van der Waals surface area contributed by atoms with Gasteiger partial charge in [-0.25, -0.2) is 9.97 Å². The van der Waals surface area contributed by atoms with Crippen LogP contribution in [-0.4, -0.2) is 9.97 Å². The van der Waals surface area contributed by atoms with Crippen LogP contribution in [0.1, 0.15) is 5.56 Å². The highest BCUT2D eigenvalue weighted by Crippen LogP contribution is 2.32. The molecule has 0 atom stereocenters. The first-order valence-electron chi connectivity index (χ1n) is 10.6. The number of benzene rings is 4. The van der Waals surface area contributed by atoms with E-state index < -0.39 is 0 Å². The van der Waals surface area contributed by atoms with E-state index in [4.69, 9.17) is 15.2 Å². The Balaban J connectivity index is 1.63. The van der Waals surface area contributed by atoms with Crippen molar-refractivity contribution in [1.82, 2.24) is 9.97 Å². The minimum absolute atomic E-state index is 0.604. The lowest BCUT2D eigenvalue weighted by atomic mass is 10.0. The molecule has 1 heterocycles. The van der Waals surface area contributed by atoms with E-state index in [0.717, 1.165) is 42.6 Å². The van der Waals surface area contributed by atoms with E-state index in [0.29, 0.717) is 11.4 Å². The molecule has 5 rings (SSSR count). The van der Waals surface area contributed by atoms with Gasteiger partial charge in [0, 0.05) is 25.6 Å². The lowest BCUT2D eigenvalue weighted by Gasteiger charge is -2.11. The topological polar surface area (TPSA) is 49.6 Å². The largest absolute Gasteiger partial charge is 0.228 e. The van der Waals surface area contributed by atoms with E-state index in [1.54, 1.807) is 12.1 Å². The molecule has 0 amide bonds. The minimum Gasteiger partial charge on any atom is -0.228 e. The van der Waals surface area contributed by atoms with E-state index in [1.165, 1.54) is 5.56 Å². The van der Waals surface area contributed by atoms with Crippen molar-refractivity contribution in [2.45, 2.75) is 0 Å². The molecule has 5 aromatic rings. The van der Waals surface area contributed by atoms with Crippen LogP contribution in [0.5, 0.6) is 0 Å². The van der Waals surface area contributed by atoms with Crippen molar-refractivity contribution in [3.8, 4) is 51.1 Å². The summed E-state index contributed by atoms with van der Waals surface area (Å²) in [5, 5.41) is 9.15. The quantitative estimate of drug-likeness (QED) is 0.219. The summed E-state index contributed by atoms with van der Waals surface area (Å²) in [7, 11) is 0. The number of halogens is 2. The Labute approximate surface area is 215 Å². The molecule has 0 aliphatic rings. The third-order valence-corrected chi connectivity index (χ3v) is 6.36. The van der Waals surface area contributed by atoms with Crippen molar-refractivity contribution in [3.05, 3.63) is 118 Å². The predicted octanol–water partition coefficient (Wildman–Crippen LogP) is 8.54. The van der Waals surface area contributed by atoms with Crippen LogP contribution in [0, 0.1) is 11.3 Å². The van der Waals surface area contributed by atoms with Crippen LogP contribution in [0.25, 0.3) is 45.0 Å². The number of nitrogens with zero attached hydrogens (tertiary/aromatic N) is 3. The van der Waals surface area contributed by atoms with Gasteiger partial charge in [0.05, 0.1) is 23.0 Å². The Kier molecular flexibility index (Phi) is 6.35. The Morgan fingerprint density at radius 1 is 0.529 bits per heavy atom. The average Bonchev–Trinajstić information content (AvgIpc) is 2.88. The molecular formula is C29H17Br2N3. The van der Waals surface area contributed by atoms with Gasteiger partial charge in [-0.05, 0) is 59.7 Å². The molecule has 0 spiro atoms. The van der Waals surface area contributed by atoms with Crippen LogP contribution in [-0.2, 0) is 0 Å². The van der Waals surface area contributed by atoms with Crippen LogP contribution in [0.4, 0.5) is 0 Å². The van der Waals surface area contributed by atoms with Crippen molar-refractivity contribution in [3.63, 3.8) is 0 Å². The molecule has 1 aromatic heterocycles. The maximum Gasteiger partial charge on any atom is 0.160 e. The first kappa shape index (κ1) is 22.2. The van der Waals surface area contributed by atoms with Crippen molar-refractivity contribution in [2.24, 2.45) is 0 Å². The number of hydrogen-bond donors (Lipinski definition) is 0. The Morgan fingerprint density at radius 3 is 1.68 bits per heavy atom. The maximum atomic E-state index is 9.15. The molecule has 0 bridgehead atoms. The number of nitriles is 1. The summed E-state index contributed by atoms with van der Waals surface area (Å²) in [6.07, 6.45) is 0. The average molecular weight is 567 g/mol. The smallest absolute Gasteiger partial charge is 0.160 e. The first-order valence-corrected chi connectivity index (χ1v) is 12.2. The van der Waals surface area contributed by atoms with Crippen LogP contribution in [0.2, 0.25) is 0 Å². The molecule has 0 saturated heterocycles. The fourth-order valence-electron chi connectivity index (χ4n) is 3.73. The van der Waals surface area contributed by atoms with Gasteiger partial charge >= 0.3 is 0 Å². The number of hydrogen-bond acceptors (Lipinski definition) is 3. The molecule has 162 valence electrons. The highest BCUT2D eigenvalue weighted by Gasteiger charge is 2.12. The van der Waals surface area contributed by atoms with Crippen LogP contribution >= 0.6 is 31.9 Å². The van der Waals surface area contributed by atoms with E-state index in [1.807, 2.05) is 54.6 Å². The van der Waals surface area contributed by atoms with Gasteiger partial charge in [-0.1, -0.05) is 86.5 Å². The van der Waals surface area contributed by atoms with Gasteiger partial charge in [0.25, 0.3) is 0 Å². The lowest BCUT2D eigenvalue weighted by molar-refractivity contribution is 1.18. The van der Waals surface area contributed by atoms with Crippen molar-refractivity contribution in [2.75, 3.05) is 0 Å². The molecule has 4 aromatic carbocycles. The molecule has 0 aliphatic carbocycles. The lowest BCUT2D eigenvalue weighted by Crippen LogP contribution is -1.96. The van der Waals surface area contributed by atoms with E-state index in [9.17, 15) is 0 Å². The number of rotatable bonds is 4. The second kappa shape index (κ2) is 9.72. The first-order chi connectivity index (χ1) is 16.6. The molecule has 0 N–H and O–H groups in total. The third kappa shape index (κ3) is 4.84. The van der Waals surface area contributed by atoms with Crippen molar-refractivity contribution < 1.29 is 0 Å². The second-order valence-corrected chi connectivity index (χ2v) is 9.58. The van der Waals surface area contributed by atoms with Crippen LogP contribution in [0.3, 0.4) is 0 Å². The normalized spacial score (nSPS) is 10.6. The molecule has 3 nitrogen and oxygen atoms in total. The predicted molar refractivity (Wildman–Crippen MR) is 144 cm³/mol. The van der Waals surface area contributed by atoms with Crippen molar-refractivity contribution >= 4 is 31.9 Å². The van der Waals surface area contributed by atoms with Crippen LogP contribution in [0.15, 0.2) is 112 Å². The minimum atomic E-state index is 0.604. The van der Waals surface area contributed by atoms with Gasteiger partial charge < -0.3 is 0 Å². The van der Waals surface area contributed by atoms with Gasteiger partial charge in [-0.2, -0.15) is 5.26 Å². The molecule has 0 unspecified atom stereocenters. The van der Waals surface area contributed by atoms with Gasteiger partial charge in [0.15, 0.2) is 5.82 Å². The summed E-state index contributed by atoms with van der Waals surface area (Å²) in [4.78, 5) is 9.75. The molecule has 34 heavy (non-hydrogen) atoms. The van der Waals surface area contributed by atoms with Crippen molar-refractivity contribution in [1.29, 1.82) is 5.26 Å². The van der Waals surface area contributed by atoms with E-state index in [2.05, 4.69) is 74.3 Å². The summed E-state index contributed by atoms with van der Waals surface area (Å²) in [6, 6.07) is 36.3. The molecule has 0 saturated carbocycles. The second-order valence-electron chi connectivity index (χ2n) is 7.75. The molecular weight excluding hydrogens is 550 g/mol. The van der Waals surface area contributed by atoms with Crippen LogP contribution < -0.4 is 0 Å². The monoisotopic (exact) mass is 565 g/mol. The highest BCUT2D eigenvalue weighted by molar-refractivity contribution is 9.11. The van der Waals surface area contributed by atoms with Gasteiger partial charge in [0.1, 0.15) is 0 Å². The zero-order chi connectivity index (χ0) is 23.5. The fraction of sp³-hybridized carbons (Fsp3) is 0. The highest BCUT2D eigenvalue weighted by atomic mass is 79.9. The molecule has 0 radical (unpaired) electrons. The summed E-state index contributed by atoms with van der Waals surface area (Å²) in [5.74, 6) is 0.611. The summed E-state index contributed by atoms with van der Waals surface area (Å²) >= 11 is 7.16. The van der Waals surface area contributed by atoms with Gasteiger partial charge in [0.2, 0.25) is 0 Å². The summed E-state index contributed by atoms with van der Waals surface area (Å²) < 4.78 is 1.92. The fourth-order valence-corrected chi connectivity index (χ4v) is 5.03. The summed E-state index contributed by atoms with van der Waals surface area (Å²) in [6.45, 7) is 0. The zero-order valence-corrected chi connectivity index (χ0v) is 21.1. The Hall–Kier alpha value is -3.59. The van der Waals surface area contributed by atoms with E-state index in [-0.39, 0.29) is 0 Å². The molecule has 5 heteroatoms. The Morgan fingerprint density at radius 2 is 1.06 bits per heavy atom. The standard InChI is InChI=1S/C29H17Br2N3/c30-25-14-24(15-26(31)16-25)28-17-27(33-29(34-28)23-8-6-19(18-32)7-9-23)22-12-10-21(11-13-22)20-4-2-1-3-5-20/h1-17H. The molecule has 0 fully saturated rings. The SMILES string of the molecule is N#Cc1ccc(-c2nc(-c3ccc(-c4ccccc4)cc3)cc(-c3cc(Br)cc(Br)c3)n2)cc1. The number of aromatic nitrogens is 2. The van der Waals surface area contributed by atoms with Gasteiger partial charge in [-0.15, -0.1) is 0 Å². The zero-order valence-electron chi connectivity index (χ0n) is 17.9. The maximum absolute atomic E-state index is 9.15. The molecule has 0 aliphatic heterocycles. The van der Waals surface area contributed by atoms with E-state index >= 15 is 0 Å². The Bertz CT molecular complexity index is 1480.